The Morgan fingerprint density at radius 3 is 2.72 bits per heavy atom. The molecule has 0 aliphatic carbocycles. The van der Waals surface area contributed by atoms with Gasteiger partial charge in [0.1, 0.15) is 17.4 Å². The number of ether oxygens (including phenoxy) is 1. The van der Waals surface area contributed by atoms with Crippen LogP contribution in [0.5, 0.6) is 5.75 Å². The standard InChI is InChI=1S/C15H16O3/c1-8-6-5-7-10-11(8)13-12(14(16)18-10)15(3,4)9(2)17-13/h5-7,9H,1-4H3. The predicted octanol–water partition coefficient (Wildman–Crippen LogP) is 3.16. The Bertz CT molecular complexity index is 695. The molecular formula is C15H16O3. The van der Waals surface area contributed by atoms with Gasteiger partial charge >= 0.3 is 5.63 Å². The smallest absolute Gasteiger partial charge is 0.343 e. The molecule has 3 rings (SSSR count). The molecule has 18 heavy (non-hydrogen) atoms. The zero-order chi connectivity index (χ0) is 13.1. The van der Waals surface area contributed by atoms with Crippen LogP contribution in [-0.2, 0) is 5.41 Å². The molecule has 0 saturated heterocycles. The lowest BCUT2D eigenvalue weighted by Gasteiger charge is -2.20. The molecule has 3 heteroatoms. The number of fused-ring (bicyclic) bond motifs is 3. The lowest BCUT2D eigenvalue weighted by atomic mass is 9.82. The molecule has 0 fully saturated rings. The second-order valence-electron chi connectivity index (χ2n) is 5.52. The van der Waals surface area contributed by atoms with E-state index < -0.39 is 0 Å². The minimum atomic E-state index is -0.313. The summed E-state index contributed by atoms with van der Waals surface area (Å²) in [4.78, 5) is 12.2. The molecule has 1 unspecified atom stereocenters. The van der Waals surface area contributed by atoms with Gasteiger partial charge in [0, 0.05) is 5.41 Å². The predicted molar refractivity (Wildman–Crippen MR) is 70.3 cm³/mol. The van der Waals surface area contributed by atoms with Gasteiger partial charge in [-0.15, -0.1) is 0 Å². The third kappa shape index (κ3) is 1.27. The number of rotatable bonds is 0. The Balaban J connectivity index is 2.51. The van der Waals surface area contributed by atoms with E-state index in [0.717, 1.165) is 10.9 Å². The Morgan fingerprint density at radius 1 is 1.28 bits per heavy atom. The van der Waals surface area contributed by atoms with Gasteiger partial charge in [0.25, 0.3) is 0 Å². The summed E-state index contributed by atoms with van der Waals surface area (Å²) in [5, 5.41) is 0.921. The van der Waals surface area contributed by atoms with E-state index in [0.29, 0.717) is 16.9 Å². The number of benzene rings is 1. The molecule has 3 nitrogen and oxygen atoms in total. The van der Waals surface area contributed by atoms with E-state index in [9.17, 15) is 4.79 Å². The van der Waals surface area contributed by atoms with Gasteiger partial charge in [-0.1, -0.05) is 26.0 Å². The highest BCUT2D eigenvalue weighted by molar-refractivity contribution is 5.88. The Hall–Kier alpha value is -1.77. The normalized spacial score (nSPS) is 20.8. The van der Waals surface area contributed by atoms with Crippen LogP contribution in [0.1, 0.15) is 31.9 Å². The van der Waals surface area contributed by atoms with Crippen molar-refractivity contribution in [2.45, 2.75) is 39.2 Å². The van der Waals surface area contributed by atoms with E-state index in [4.69, 9.17) is 9.15 Å². The highest BCUT2D eigenvalue weighted by Gasteiger charge is 2.43. The van der Waals surface area contributed by atoms with Gasteiger partial charge in [-0.05, 0) is 25.5 Å². The van der Waals surface area contributed by atoms with Crippen LogP contribution in [0.25, 0.3) is 11.0 Å². The summed E-state index contributed by atoms with van der Waals surface area (Å²) in [7, 11) is 0. The topological polar surface area (TPSA) is 39.4 Å². The van der Waals surface area contributed by atoms with Gasteiger partial charge in [-0.2, -0.15) is 0 Å². The zero-order valence-electron chi connectivity index (χ0n) is 11.0. The van der Waals surface area contributed by atoms with E-state index in [1.54, 1.807) is 0 Å². The number of aryl methyl sites for hydroxylation is 1. The molecule has 0 saturated carbocycles. The first-order valence-electron chi connectivity index (χ1n) is 6.16. The van der Waals surface area contributed by atoms with Crippen molar-refractivity contribution >= 4 is 11.0 Å². The first-order chi connectivity index (χ1) is 8.43. The highest BCUT2D eigenvalue weighted by Crippen LogP contribution is 2.45. The SMILES string of the molecule is Cc1cccc2oc(=O)c3c(c12)OC(C)C3(C)C. The maximum Gasteiger partial charge on any atom is 0.343 e. The molecule has 0 radical (unpaired) electrons. The Labute approximate surface area is 105 Å². The average Bonchev–Trinajstić information content (AvgIpc) is 2.50. The molecule has 1 atom stereocenters. The van der Waals surface area contributed by atoms with Crippen molar-refractivity contribution in [2.75, 3.05) is 0 Å². The summed E-state index contributed by atoms with van der Waals surface area (Å²) >= 11 is 0. The van der Waals surface area contributed by atoms with Crippen molar-refractivity contribution in [3.05, 3.63) is 39.7 Å². The van der Waals surface area contributed by atoms with Crippen LogP contribution in [-0.4, -0.2) is 6.10 Å². The van der Waals surface area contributed by atoms with Crippen LogP contribution in [0.15, 0.2) is 27.4 Å². The van der Waals surface area contributed by atoms with E-state index in [1.165, 1.54) is 0 Å². The fourth-order valence-corrected chi connectivity index (χ4v) is 2.59. The minimum Gasteiger partial charge on any atom is -0.488 e. The summed E-state index contributed by atoms with van der Waals surface area (Å²) in [5.74, 6) is 0.705. The minimum absolute atomic E-state index is 0.0272. The quantitative estimate of drug-likeness (QED) is 0.668. The van der Waals surface area contributed by atoms with Gasteiger partial charge in [0.2, 0.25) is 0 Å². The summed E-state index contributed by atoms with van der Waals surface area (Å²) < 4.78 is 11.4. The summed E-state index contributed by atoms with van der Waals surface area (Å²) in [6.07, 6.45) is -0.0272. The molecule has 0 N–H and O–H groups in total. The molecule has 0 spiro atoms. The van der Waals surface area contributed by atoms with E-state index >= 15 is 0 Å². The van der Waals surface area contributed by atoms with Crippen molar-refractivity contribution in [1.29, 1.82) is 0 Å². The number of hydrogen-bond acceptors (Lipinski definition) is 3. The Morgan fingerprint density at radius 2 is 2.00 bits per heavy atom. The second-order valence-corrected chi connectivity index (χ2v) is 5.52. The van der Waals surface area contributed by atoms with Gasteiger partial charge in [0.15, 0.2) is 0 Å². The van der Waals surface area contributed by atoms with Crippen LogP contribution < -0.4 is 10.4 Å². The first-order valence-corrected chi connectivity index (χ1v) is 6.16. The molecule has 1 aliphatic heterocycles. The molecule has 1 aromatic heterocycles. The summed E-state index contributed by atoms with van der Waals surface area (Å²) in [6.45, 7) is 8.03. The molecular weight excluding hydrogens is 228 g/mol. The van der Waals surface area contributed by atoms with E-state index in [-0.39, 0.29) is 17.1 Å². The fourth-order valence-electron chi connectivity index (χ4n) is 2.59. The van der Waals surface area contributed by atoms with Crippen LogP contribution in [0, 0.1) is 6.92 Å². The molecule has 2 heterocycles. The van der Waals surface area contributed by atoms with Crippen molar-refractivity contribution in [1.82, 2.24) is 0 Å². The summed E-state index contributed by atoms with van der Waals surface area (Å²) in [6, 6.07) is 5.70. The van der Waals surface area contributed by atoms with Gasteiger partial charge in [-0.25, -0.2) is 4.79 Å². The van der Waals surface area contributed by atoms with E-state index in [1.807, 2.05) is 45.9 Å². The second kappa shape index (κ2) is 3.37. The third-order valence-corrected chi connectivity index (χ3v) is 4.05. The molecule has 0 amide bonds. The van der Waals surface area contributed by atoms with Gasteiger partial charge in [-0.3, -0.25) is 0 Å². The van der Waals surface area contributed by atoms with Crippen molar-refractivity contribution in [3.8, 4) is 5.75 Å². The highest BCUT2D eigenvalue weighted by atomic mass is 16.5. The maximum atomic E-state index is 12.2. The van der Waals surface area contributed by atoms with Crippen molar-refractivity contribution < 1.29 is 9.15 Å². The number of hydrogen-bond donors (Lipinski definition) is 0. The van der Waals surface area contributed by atoms with Crippen LogP contribution >= 0.6 is 0 Å². The largest absolute Gasteiger partial charge is 0.488 e. The zero-order valence-corrected chi connectivity index (χ0v) is 11.0. The maximum absolute atomic E-state index is 12.2. The Kier molecular flexibility index (Phi) is 2.12. The lowest BCUT2D eigenvalue weighted by Crippen LogP contribution is -2.32. The van der Waals surface area contributed by atoms with E-state index in [2.05, 4.69) is 0 Å². The average molecular weight is 244 g/mol. The molecule has 1 aromatic carbocycles. The van der Waals surface area contributed by atoms with Crippen LogP contribution in [0.2, 0.25) is 0 Å². The molecule has 0 bridgehead atoms. The van der Waals surface area contributed by atoms with Crippen molar-refractivity contribution in [2.24, 2.45) is 0 Å². The summed E-state index contributed by atoms with van der Waals surface area (Å²) in [5.41, 5.74) is 1.74. The monoisotopic (exact) mass is 244 g/mol. The molecule has 1 aliphatic rings. The van der Waals surface area contributed by atoms with Gasteiger partial charge < -0.3 is 9.15 Å². The van der Waals surface area contributed by atoms with Crippen molar-refractivity contribution in [3.63, 3.8) is 0 Å². The van der Waals surface area contributed by atoms with Crippen LogP contribution in [0.3, 0.4) is 0 Å². The van der Waals surface area contributed by atoms with Gasteiger partial charge in [0.05, 0.1) is 10.9 Å². The first kappa shape index (κ1) is 11.3. The third-order valence-electron chi connectivity index (χ3n) is 4.05. The van der Waals surface area contributed by atoms with Crippen LogP contribution in [0.4, 0.5) is 0 Å². The fraction of sp³-hybridized carbons (Fsp3) is 0.400. The lowest BCUT2D eigenvalue weighted by molar-refractivity contribution is 0.187. The molecule has 94 valence electrons. The molecule has 2 aromatic rings.